The molecule has 2 aliphatic rings. The van der Waals surface area contributed by atoms with Gasteiger partial charge in [0.25, 0.3) is 5.91 Å². The lowest BCUT2D eigenvalue weighted by Gasteiger charge is -2.32. The van der Waals surface area contributed by atoms with Crippen LogP contribution in [0.3, 0.4) is 0 Å². The summed E-state index contributed by atoms with van der Waals surface area (Å²) in [6.45, 7) is 4.61. The summed E-state index contributed by atoms with van der Waals surface area (Å²) < 4.78 is 0. The van der Waals surface area contributed by atoms with Gasteiger partial charge in [-0.25, -0.2) is 9.78 Å². The first-order valence-electron chi connectivity index (χ1n) is 10.5. The third-order valence-corrected chi connectivity index (χ3v) is 7.09. The molecule has 8 nitrogen and oxygen atoms in total. The number of pyridine rings is 1. The van der Waals surface area contributed by atoms with Crippen molar-refractivity contribution in [2.24, 2.45) is 0 Å². The number of aromatic nitrogens is 1. The molecule has 1 aromatic carbocycles. The van der Waals surface area contributed by atoms with Gasteiger partial charge >= 0.3 is 6.03 Å². The molecule has 1 saturated heterocycles. The first-order valence-corrected chi connectivity index (χ1v) is 11.7. The number of hydrogen-bond acceptors (Lipinski definition) is 5. The Bertz CT molecular complexity index is 1310. The van der Waals surface area contributed by atoms with Crippen LogP contribution in [-0.2, 0) is 4.79 Å². The quantitative estimate of drug-likeness (QED) is 0.535. The van der Waals surface area contributed by atoms with Gasteiger partial charge in [-0.3, -0.25) is 14.5 Å². The molecular weight excluding hydrogens is 462 g/mol. The highest BCUT2D eigenvalue weighted by Crippen LogP contribution is 2.45. The van der Waals surface area contributed by atoms with E-state index in [9.17, 15) is 14.4 Å². The minimum Gasteiger partial charge on any atom is -0.347 e. The van der Waals surface area contributed by atoms with E-state index in [2.05, 4.69) is 22.2 Å². The standard InChI is InChI=1S/C23H20ClN5O3S/c1-2-17(30)28-10-4-6-14(12-28)26-21(31)20-19-18-16(8-9-25-22(18)33-20)29(23(32)27-19)15-7-3-5-13(24)11-15/h2-3,5,7-9,11,14H,1,4,6,10,12H2,(H,26,31)(H,27,32)/t14-/m1/s1. The number of likely N-dealkylation sites (tertiary alicyclic amines) is 1. The minimum absolute atomic E-state index is 0.145. The van der Waals surface area contributed by atoms with Crippen LogP contribution < -0.4 is 15.5 Å². The Labute approximate surface area is 198 Å². The third-order valence-electron chi connectivity index (χ3n) is 5.76. The molecule has 2 N–H and O–H groups in total. The summed E-state index contributed by atoms with van der Waals surface area (Å²) in [7, 11) is 0. The first kappa shape index (κ1) is 21.4. The van der Waals surface area contributed by atoms with Gasteiger partial charge in [0.05, 0.1) is 22.4 Å². The molecule has 1 atom stereocenters. The number of carbonyl (C=O) groups excluding carboxylic acids is 3. The van der Waals surface area contributed by atoms with Crippen LogP contribution in [0.5, 0.6) is 0 Å². The zero-order valence-electron chi connectivity index (χ0n) is 17.5. The molecule has 0 spiro atoms. The number of amides is 4. The van der Waals surface area contributed by atoms with Gasteiger partial charge in [0, 0.05) is 30.4 Å². The molecule has 1 fully saturated rings. The summed E-state index contributed by atoms with van der Waals surface area (Å²) >= 11 is 7.37. The largest absolute Gasteiger partial charge is 0.347 e. The highest BCUT2D eigenvalue weighted by atomic mass is 35.5. The number of halogens is 1. The summed E-state index contributed by atoms with van der Waals surface area (Å²) in [6, 6.07) is 8.20. The zero-order chi connectivity index (χ0) is 23.1. The van der Waals surface area contributed by atoms with Gasteiger partial charge in [-0.05, 0) is 43.2 Å². The van der Waals surface area contributed by atoms with Crippen molar-refractivity contribution >= 4 is 68.1 Å². The molecule has 2 aliphatic heterocycles. The van der Waals surface area contributed by atoms with Crippen LogP contribution in [0.4, 0.5) is 21.9 Å². The van der Waals surface area contributed by atoms with Crippen LogP contribution in [0.15, 0.2) is 49.2 Å². The van der Waals surface area contributed by atoms with Crippen LogP contribution in [0, 0.1) is 0 Å². The number of piperidine rings is 1. The topological polar surface area (TPSA) is 94.6 Å². The predicted molar refractivity (Wildman–Crippen MR) is 129 cm³/mol. The first-order chi connectivity index (χ1) is 16.0. The van der Waals surface area contributed by atoms with E-state index in [0.717, 1.165) is 12.8 Å². The molecule has 4 heterocycles. The Morgan fingerprint density at radius 1 is 1.33 bits per heavy atom. The van der Waals surface area contributed by atoms with E-state index in [0.29, 0.717) is 50.3 Å². The van der Waals surface area contributed by atoms with E-state index < -0.39 is 0 Å². The van der Waals surface area contributed by atoms with E-state index >= 15 is 0 Å². The Balaban J connectivity index is 1.48. The fraction of sp³-hybridized carbons (Fsp3) is 0.217. The molecule has 10 heteroatoms. The Hall–Kier alpha value is -3.43. The predicted octanol–water partition coefficient (Wildman–Crippen LogP) is 4.54. The summed E-state index contributed by atoms with van der Waals surface area (Å²) in [5.41, 5.74) is 1.70. The normalized spacial score (nSPS) is 17.6. The monoisotopic (exact) mass is 481 g/mol. The second kappa shape index (κ2) is 8.49. The number of hydrogen-bond donors (Lipinski definition) is 2. The van der Waals surface area contributed by atoms with Crippen molar-refractivity contribution in [3.05, 3.63) is 59.1 Å². The average Bonchev–Trinajstić information content (AvgIpc) is 3.18. The van der Waals surface area contributed by atoms with E-state index in [-0.39, 0.29) is 23.9 Å². The van der Waals surface area contributed by atoms with Gasteiger partial charge in [0.2, 0.25) is 5.91 Å². The van der Waals surface area contributed by atoms with Gasteiger partial charge < -0.3 is 15.5 Å². The van der Waals surface area contributed by atoms with Gasteiger partial charge in [0.15, 0.2) is 0 Å². The minimum atomic E-state index is -0.384. The number of nitrogens with one attached hydrogen (secondary N) is 2. The molecule has 5 rings (SSSR count). The molecule has 3 aromatic rings. The highest BCUT2D eigenvalue weighted by molar-refractivity contribution is 7.21. The number of rotatable bonds is 4. The maximum absolute atomic E-state index is 13.2. The number of anilines is 3. The summed E-state index contributed by atoms with van der Waals surface area (Å²) in [5, 5.41) is 7.11. The van der Waals surface area contributed by atoms with Crippen molar-refractivity contribution in [3.8, 4) is 0 Å². The van der Waals surface area contributed by atoms with Crippen molar-refractivity contribution in [2.45, 2.75) is 18.9 Å². The highest BCUT2D eigenvalue weighted by Gasteiger charge is 2.33. The second-order valence-electron chi connectivity index (χ2n) is 7.86. The summed E-state index contributed by atoms with van der Waals surface area (Å²) in [6.07, 6.45) is 4.47. The van der Waals surface area contributed by atoms with Crippen molar-refractivity contribution in [3.63, 3.8) is 0 Å². The fourth-order valence-corrected chi connectivity index (χ4v) is 5.50. The van der Waals surface area contributed by atoms with Crippen LogP contribution in [-0.4, -0.2) is 46.9 Å². The van der Waals surface area contributed by atoms with Gasteiger partial charge in [-0.15, -0.1) is 11.3 Å². The Morgan fingerprint density at radius 3 is 2.97 bits per heavy atom. The lowest BCUT2D eigenvalue weighted by Crippen LogP contribution is -2.49. The van der Waals surface area contributed by atoms with Crippen molar-refractivity contribution < 1.29 is 14.4 Å². The fourth-order valence-electron chi connectivity index (χ4n) is 4.29. The molecule has 0 unspecified atom stereocenters. The third kappa shape index (κ3) is 3.83. The van der Waals surface area contributed by atoms with Crippen LogP contribution in [0.2, 0.25) is 5.02 Å². The van der Waals surface area contributed by atoms with Crippen LogP contribution in [0.25, 0.3) is 10.2 Å². The Morgan fingerprint density at radius 2 is 2.18 bits per heavy atom. The summed E-state index contributed by atoms with van der Waals surface area (Å²) in [4.78, 5) is 46.9. The number of carbonyl (C=O) groups is 3. The van der Waals surface area contributed by atoms with E-state index in [1.807, 2.05) is 0 Å². The van der Waals surface area contributed by atoms with E-state index in [1.54, 1.807) is 41.4 Å². The van der Waals surface area contributed by atoms with Gasteiger partial charge in [-0.1, -0.05) is 24.2 Å². The smallest absolute Gasteiger partial charge is 0.331 e. The van der Waals surface area contributed by atoms with Crippen LogP contribution >= 0.6 is 22.9 Å². The molecule has 4 amide bonds. The number of benzene rings is 1. The maximum Gasteiger partial charge on any atom is 0.331 e. The molecule has 2 aromatic heterocycles. The molecule has 0 saturated carbocycles. The van der Waals surface area contributed by atoms with Gasteiger partial charge in [-0.2, -0.15) is 0 Å². The maximum atomic E-state index is 13.2. The number of urea groups is 1. The second-order valence-corrected chi connectivity index (χ2v) is 9.30. The molecule has 168 valence electrons. The van der Waals surface area contributed by atoms with E-state index in [1.165, 1.54) is 22.3 Å². The molecule has 0 radical (unpaired) electrons. The molecule has 0 aliphatic carbocycles. The molecular formula is C23H20ClN5O3S. The average molecular weight is 482 g/mol. The number of nitrogens with zero attached hydrogens (tertiary/aromatic N) is 3. The van der Waals surface area contributed by atoms with Gasteiger partial charge in [0.1, 0.15) is 9.71 Å². The van der Waals surface area contributed by atoms with Crippen molar-refractivity contribution in [1.82, 2.24) is 15.2 Å². The molecule has 0 bridgehead atoms. The van der Waals surface area contributed by atoms with Crippen molar-refractivity contribution in [1.29, 1.82) is 0 Å². The summed E-state index contributed by atoms with van der Waals surface area (Å²) in [5.74, 6) is -0.443. The van der Waals surface area contributed by atoms with Crippen molar-refractivity contribution in [2.75, 3.05) is 23.3 Å². The van der Waals surface area contributed by atoms with E-state index in [4.69, 9.17) is 11.6 Å². The SMILES string of the molecule is C=CC(=O)N1CCC[C@@H](NC(=O)c2sc3nccc4c3c2NC(=O)N4c2cccc(Cl)c2)C1. The Kier molecular flexibility index (Phi) is 5.51. The zero-order valence-corrected chi connectivity index (χ0v) is 19.1. The van der Waals surface area contributed by atoms with Crippen LogP contribution in [0.1, 0.15) is 22.5 Å². The lowest BCUT2D eigenvalue weighted by molar-refractivity contribution is -0.127. The molecule has 33 heavy (non-hydrogen) atoms. The lowest BCUT2D eigenvalue weighted by atomic mass is 10.1. The number of thiophene rings is 1.